The summed E-state index contributed by atoms with van der Waals surface area (Å²) < 4.78 is 0. The van der Waals surface area contributed by atoms with Crippen molar-refractivity contribution in [2.24, 2.45) is 5.92 Å². The number of nitrogens with zero attached hydrogens (tertiary/aromatic N) is 1. The van der Waals surface area contributed by atoms with E-state index in [1.165, 1.54) is 0 Å². The second-order valence-electron chi connectivity index (χ2n) is 4.15. The van der Waals surface area contributed by atoms with Gasteiger partial charge < -0.3 is 10.2 Å². The van der Waals surface area contributed by atoms with Crippen LogP contribution in [-0.2, 0) is 0 Å². The number of β-amino-alcohol motifs (C(OH)–C–C–N with tert-alkyl or cyclic N) is 1. The lowest BCUT2D eigenvalue weighted by atomic mass is 10.1. The van der Waals surface area contributed by atoms with Crippen molar-refractivity contribution >= 4 is 0 Å². The third-order valence-corrected chi connectivity index (χ3v) is 2.49. The van der Waals surface area contributed by atoms with Crippen LogP contribution >= 0.6 is 0 Å². The SMILES string of the molecule is CC(C)CN1C[C@@H](O)[C@@H](O)C1C. The van der Waals surface area contributed by atoms with Crippen LogP contribution in [0.1, 0.15) is 20.8 Å². The van der Waals surface area contributed by atoms with E-state index in [-0.39, 0.29) is 6.04 Å². The zero-order valence-electron chi connectivity index (χ0n) is 8.07. The molecule has 1 saturated heterocycles. The van der Waals surface area contributed by atoms with Gasteiger partial charge in [0.25, 0.3) is 0 Å². The van der Waals surface area contributed by atoms with Crippen molar-refractivity contribution in [2.45, 2.75) is 39.0 Å². The summed E-state index contributed by atoms with van der Waals surface area (Å²) >= 11 is 0. The summed E-state index contributed by atoms with van der Waals surface area (Å²) in [4.78, 5) is 2.14. The minimum absolute atomic E-state index is 0.0994. The van der Waals surface area contributed by atoms with Crippen LogP contribution in [0.4, 0.5) is 0 Å². The fraction of sp³-hybridized carbons (Fsp3) is 1.00. The lowest BCUT2D eigenvalue weighted by Gasteiger charge is -2.23. The topological polar surface area (TPSA) is 43.7 Å². The highest BCUT2D eigenvalue weighted by molar-refractivity contribution is 4.90. The molecule has 1 rings (SSSR count). The van der Waals surface area contributed by atoms with Crippen LogP contribution < -0.4 is 0 Å². The monoisotopic (exact) mass is 173 g/mol. The zero-order chi connectivity index (χ0) is 9.30. The van der Waals surface area contributed by atoms with E-state index in [0.29, 0.717) is 12.5 Å². The Bertz CT molecular complexity index is 147. The van der Waals surface area contributed by atoms with Gasteiger partial charge in [0.15, 0.2) is 0 Å². The molecule has 1 aliphatic rings. The van der Waals surface area contributed by atoms with E-state index >= 15 is 0 Å². The Kier molecular flexibility index (Phi) is 3.09. The number of aliphatic hydroxyl groups excluding tert-OH is 2. The minimum atomic E-state index is -0.566. The third kappa shape index (κ3) is 1.97. The largest absolute Gasteiger partial charge is 0.389 e. The summed E-state index contributed by atoms with van der Waals surface area (Å²) in [7, 11) is 0. The molecule has 72 valence electrons. The molecule has 0 aromatic heterocycles. The predicted molar refractivity (Wildman–Crippen MR) is 47.9 cm³/mol. The first-order valence-electron chi connectivity index (χ1n) is 4.62. The number of hydrogen-bond donors (Lipinski definition) is 2. The quantitative estimate of drug-likeness (QED) is 0.621. The molecule has 0 aliphatic carbocycles. The maximum absolute atomic E-state index is 9.46. The molecule has 3 atom stereocenters. The van der Waals surface area contributed by atoms with Crippen molar-refractivity contribution in [1.29, 1.82) is 0 Å². The first kappa shape index (κ1) is 9.96. The normalized spacial score (nSPS) is 38.0. The van der Waals surface area contributed by atoms with Crippen molar-refractivity contribution in [1.82, 2.24) is 4.90 Å². The summed E-state index contributed by atoms with van der Waals surface area (Å²) in [5.41, 5.74) is 0. The Morgan fingerprint density at radius 3 is 2.33 bits per heavy atom. The van der Waals surface area contributed by atoms with Gasteiger partial charge >= 0.3 is 0 Å². The van der Waals surface area contributed by atoms with Crippen LogP contribution in [0.2, 0.25) is 0 Å². The molecule has 2 N–H and O–H groups in total. The van der Waals surface area contributed by atoms with Gasteiger partial charge in [-0.15, -0.1) is 0 Å². The second kappa shape index (κ2) is 3.73. The molecule has 0 bridgehead atoms. The summed E-state index contributed by atoms with van der Waals surface area (Å²) in [6.07, 6.45) is -1.12. The average Bonchev–Trinajstić information content (AvgIpc) is 2.17. The molecule has 3 nitrogen and oxygen atoms in total. The standard InChI is InChI=1S/C9H19NO2/c1-6(2)4-10-5-8(11)9(12)7(10)3/h6-9,11-12H,4-5H2,1-3H3/t7?,8-,9+/m1/s1. The van der Waals surface area contributed by atoms with Crippen LogP contribution in [0.25, 0.3) is 0 Å². The summed E-state index contributed by atoms with van der Waals surface area (Å²) in [5, 5.41) is 18.8. The van der Waals surface area contributed by atoms with Gasteiger partial charge in [0.1, 0.15) is 0 Å². The lowest BCUT2D eigenvalue weighted by molar-refractivity contribution is 0.0412. The van der Waals surface area contributed by atoms with Gasteiger partial charge in [0, 0.05) is 19.1 Å². The van der Waals surface area contributed by atoms with Gasteiger partial charge in [-0.2, -0.15) is 0 Å². The molecule has 12 heavy (non-hydrogen) atoms. The molecule has 0 aromatic rings. The lowest BCUT2D eigenvalue weighted by Crippen LogP contribution is -2.35. The maximum atomic E-state index is 9.46. The Morgan fingerprint density at radius 2 is 2.00 bits per heavy atom. The number of likely N-dealkylation sites (tertiary alicyclic amines) is 1. The van der Waals surface area contributed by atoms with Gasteiger partial charge in [-0.25, -0.2) is 0 Å². The molecule has 3 heteroatoms. The number of aliphatic hydroxyl groups is 2. The molecule has 1 fully saturated rings. The van der Waals surface area contributed by atoms with Gasteiger partial charge in [0.05, 0.1) is 12.2 Å². The smallest absolute Gasteiger partial charge is 0.0963 e. The summed E-state index contributed by atoms with van der Waals surface area (Å²) in [6, 6.07) is 0.0994. The minimum Gasteiger partial charge on any atom is -0.389 e. The Hall–Kier alpha value is -0.120. The predicted octanol–water partition coefficient (Wildman–Crippen LogP) is 0.0683. The molecular formula is C9H19NO2. The Balaban J connectivity index is 2.47. The van der Waals surface area contributed by atoms with Crippen LogP contribution in [-0.4, -0.2) is 46.5 Å². The summed E-state index contributed by atoms with van der Waals surface area (Å²) in [6.45, 7) is 7.81. The molecule has 0 aromatic carbocycles. The van der Waals surface area contributed by atoms with Crippen LogP contribution in [0.5, 0.6) is 0 Å². The van der Waals surface area contributed by atoms with E-state index in [9.17, 15) is 10.2 Å². The van der Waals surface area contributed by atoms with Gasteiger partial charge in [-0.05, 0) is 12.8 Å². The zero-order valence-corrected chi connectivity index (χ0v) is 8.07. The van der Waals surface area contributed by atoms with Gasteiger partial charge in [-0.1, -0.05) is 13.8 Å². The number of hydrogen-bond acceptors (Lipinski definition) is 3. The molecule has 0 radical (unpaired) electrons. The van der Waals surface area contributed by atoms with Gasteiger partial charge in [0.2, 0.25) is 0 Å². The molecule has 1 aliphatic heterocycles. The second-order valence-corrected chi connectivity index (χ2v) is 4.15. The fourth-order valence-corrected chi connectivity index (χ4v) is 1.76. The highest BCUT2D eigenvalue weighted by Gasteiger charge is 2.36. The molecule has 1 heterocycles. The van der Waals surface area contributed by atoms with E-state index in [1.807, 2.05) is 6.92 Å². The highest BCUT2D eigenvalue weighted by atomic mass is 16.3. The van der Waals surface area contributed by atoms with E-state index in [1.54, 1.807) is 0 Å². The highest BCUT2D eigenvalue weighted by Crippen LogP contribution is 2.19. The van der Waals surface area contributed by atoms with E-state index in [0.717, 1.165) is 6.54 Å². The first-order chi connectivity index (χ1) is 5.52. The maximum Gasteiger partial charge on any atom is 0.0963 e. The van der Waals surface area contributed by atoms with E-state index in [4.69, 9.17) is 0 Å². The first-order valence-corrected chi connectivity index (χ1v) is 4.62. The van der Waals surface area contributed by atoms with E-state index in [2.05, 4.69) is 18.7 Å². The molecule has 0 amide bonds. The third-order valence-electron chi connectivity index (χ3n) is 2.49. The Labute approximate surface area is 74.0 Å². The van der Waals surface area contributed by atoms with E-state index < -0.39 is 12.2 Å². The molecule has 0 spiro atoms. The molecule has 0 saturated carbocycles. The Morgan fingerprint density at radius 1 is 1.42 bits per heavy atom. The van der Waals surface area contributed by atoms with Crippen molar-refractivity contribution in [3.63, 3.8) is 0 Å². The van der Waals surface area contributed by atoms with Crippen LogP contribution in [0.3, 0.4) is 0 Å². The number of rotatable bonds is 2. The molecule has 1 unspecified atom stereocenters. The van der Waals surface area contributed by atoms with Crippen molar-refractivity contribution < 1.29 is 10.2 Å². The van der Waals surface area contributed by atoms with Crippen molar-refractivity contribution in [3.05, 3.63) is 0 Å². The van der Waals surface area contributed by atoms with Crippen LogP contribution in [0.15, 0.2) is 0 Å². The fourth-order valence-electron chi connectivity index (χ4n) is 1.76. The average molecular weight is 173 g/mol. The van der Waals surface area contributed by atoms with Crippen LogP contribution in [0, 0.1) is 5.92 Å². The van der Waals surface area contributed by atoms with Crippen molar-refractivity contribution in [3.8, 4) is 0 Å². The molecular weight excluding hydrogens is 154 g/mol. The van der Waals surface area contributed by atoms with Crippen molar-refractivity contribution in [2.75, 3.05) is 13.1 Å². The summed E-state index contributed by atoms with van der Waals surface area (Å²) in [5.74, 6) is 0.588. The van der Waals surface area contributed by atoms with Gasteiger partial charge in [-0.3, -0.25) is 4.90 Å².